The maximum Gasteiger partial charge on any atom is 0.174 e. The van der Waals surface area contributed by atoms with Crippen LogP contribution in [0.3, 0.4) is 0 Å². The number of hydrogen-bond acceptors (Lipinski definition) is 7. The first-order chi connectivity index (χ1) is 16.6. The van der Waals surface area contributed by atoms with Crippen LogP contribution in [0, 0.1) is 24.1 Å². The van der Waals surface area contributed by atoms with Gasteiger partial charge in [0.05, 0.1) is 28.7 Å². The van der Waals surface area contributed by atoms with E-state index in [1.54, 1.807) is 43.0 Å². The molecule has 5 aromatic rings. The van der Waals surface area contributed by atoms with Gasteiger partial charge < -0.3 is 5.32 Å². The molecule has 0 spiro atoms. The molecular weight excluding hydrogens is 429 g/mol. The van der Waals surface area contributed by atoms with Gasteiger partial charge >= 0.3 is 0 Å². The summed E-state index contributed by atoms with van der Waals surface area (Å²) in [4.78, 5) is 21.4. The van der Waals surface area contributed by atoms with E-state index >= 15 is 4.39 Å². The van der Waals surface area contributed by atoms with Gasteiger partial charge in [0.2, 0.25) is 0 Å². The van der Waals surface area contributed by atoms with Gasteiger partial charge in [-0.15, -0.1) is 0 Å². The van der Waals surface area contributed by atoms with Crippen LogP contribution in [0.4, 0.5) is 10.2 Å². The fraction of sp³-hybridized carbons (Fsp3) is 0.0769. The van der Waals surface area contributed by atoms with Crippen molar-refractivity contribution in [2.24, 2.45) is 0 Å². The van der Waals surface area contributed by atoms with Crippen molar-refractivity contribution >= 4 is 16.7 Å². The zero-order valence-corrected chi connectivity index (χ0v) is 18.2. The molecule has 0 aliphatic carbocycles. The fourth-order valence-corrected chi connectivity index (χ4v) is 3.69. The molecule has 0 unspecified atom stereocenters. The minimum absolute atomic E-state index is 0.0953. The third kappa shape index (κ3) is 4.14. The number of hydrogen-bond donors (Lipinski definition) is 1. The highest BCUT2D eigenvalue weighted by Gasteiger charge is 2.14. The van der Waals surface area contributed by atoms with E-state index in [0.29, 0.717) is 22.5 Å². The molecule has 0 aliphatic heterocycles. The van der Waals surface area contributed by atoms with Gasteiger partial charge in [-0.1, -0.05) is 6.07 Å². The van der Waals surface area contributed by atoms with E-state index in [-0.39, 0.29) is 12.4 Å². The summed E-state index contributed by atoms with van der Waals surface area (Å²) in [6, 6.07) is 14.7. The van der Waals surface area contributed by atoms with Gasteiger partial charge in [-0.3, -0.25) is 19.9 Å². The molecular formula is C26H18FN7. The van der Waals surface area contributed by atoms with E-state index in [4.69, 9.17) is 0 Å². The van der Waals surface area contributed by atoms with Gasteiger partial charge in [-0.2, -0.15) is 5.26 Å². The van der Waals surface area contributed by atoms with E-state index in [0.717, 1.165) is 27.7 Å². The largest absolute Gasteiger partial charge is 0.363 e. The number of aryl methyl sites for hydroxylation is 1. The van der Waals surface area contributed by atoms with E-state index in [1.165, 1.54) is 6.20 Å². The average molecular weight is 447 g/mol. The number of halogens is 1. The monoisotopic (exact) mass is 447 g/mol. The van der Waals surface area contributed by atoms with Gasteiger partial charge in [-0.25, -0.2) is 9.37 Å². The molecule has 0 amide bonds. The number of aromatic nitrogens is 5. The Bertz CT molecular complexity index is 1560. The van der Waals surface area contributed by atoms with Gasteiger partial charge in [0.25, 0.3) is 0 Å². The molecule has 164 valence electrons. The maximum atomic E-state index is 15.3. The topological polar surface area (TPSA) is 100 Å². The second kappa shape index (κ2) is 9.00. The third-order valence-electron chi connectivity index (χ3n) is 5.35. The number of nitrogens with one attached hydrogen (secondary N) is 1. The minimum atomic E-state index is -0.504. The highest BCUT2D eigenvalue weighted by Crippen LogP contribution is 2.27. The van der Waals surface area contributed by atoms with Crippen molar-refractivity contribution in [3.05, 3.63) is 96.1 Å². The molecule has 0 saturated carbocycles. The van der Waals surface area contributed by atoms with Gasteiger partial charge in [-0.05, 0) is 48.9 Å². The van der Waals surface area contributed by atoms with E-state index in [9.17, 15) is 5.26 Å². The lowest BCUT2D eigenvalue weighted by molar-refractivity contribution is 0.627. The summed E-state index contributed by atoms with van der Waals surface area (Å²) in [6.45, 7) is 2.13. The van der Waals surface area contributed by atoms with Crippen molar-refractivity contribution in [3.8, 4) is 28.6 Å². The number of anilines is 1. The van der Waals surface area contributed by atoms with E-state index in [2.05, 4.69) is 36.3 Å². The number of nitrogens with zero attached hydrogens (tertiary/aromatic N) is 6. The minimum Gasteiger partial charge on any atom is -0.363 e. The fourth-order valence-electron chi connectivity index (χ4n) is 3.69. The molecule has 5 rings (SSSR count). The molecule has 34 heavy (non-hydrogen) atoms. The molecule has 7 nitrogen and oxygen atoms in total. The lowest BCUT2D eigenvalue weighted by Crippen LogP contribution is -2.06. The van der Waals surface area contributed by atoms with Crippen LogP contribution in [0.1, 0.15) is 16.8 Å². The van der Waals surface area contributed by atoms with E-state index < -0.39 is 5.82 Å². The predicted octanol–water partition coefficient (Wildman–Crippen LogP) is 5.08. The zero-order chi connectivity index (χ0) is 23.5. The van der Waals surface area contributed by atoms with Gasteiger partial charge in [0.15, 0.2) is 11.6 Å². The van der Waals surface area contributed by atoms with Crippen LogP contribution in [-0.2, 0) is 6.54 Å². The Hall–Kier alpha value is -4.77. The number of nitriles is 1. The summed E-state index contributed by atoms with van der Waals surface area (Å²) in [5.74, 6) is -0.409. The zero-order valence-electron chi connectivity index (χ0n) is 18.2. The highest BCUT2D eigenvalue weighted by atomic mass is 19.1. The van der Waals surface area contributed by atoms with Crippen LogP contribution in [0.5, 0.6) is 0 Å². The van der Waals surface area contributed by atoms with Crippen molar-refractivity contribution < 1.29 is 4.39 Å². The summed E-state index contributed by atoms with van der Waals surface area (Å²) in [6.07, 6.45) is 8.20. The Morgan fingerprint density at radius 2 is 1.82 bits per heavy atom. The van der Waals surface area contributed by atoms with Crippen LogP contribution in [0.25, 0.3) is 33.4 Å². The molecule has 0 bridgehead atoms. The molecule has 0 fully saturated rings. The first-order valence-electron chi connectivity index (χ1n) is 10.5. The second-order valence-corrected chi connectivity index (χ2v) is 7.68. The Labute approximate surface area is 195 Å². The number of rotatable bonds is 5. The summed E-state index contributed by atoms with van der Waals surface area (Å²) in [5, 5.41) is 13.5. The summed E-state index contributed by atoms with van der Waals surface area (Å²) in [5.41, 5.74) is 4.98. The van der Waals surface area contributed by atoms with Crippen LogP contribution >= 0.6 is 0 Å². The van der Waals surface area contributed by atoms with E-state index in [1.807, 2.05) is 31.2 Å². The SMILES string of the molecule is Cc1cc(-c2ncc(CNc3nccc(-c4cc5cccnc5cn4)c3F)cc2C#N)ccn1. The highest BCUT2D eigenvalue weighted by molar-refractivity contribution is 5.82. The molecule has 5 heterocycles. The first kappa shape index (κ1) is 21.1. The lowest BCUT2D eigenvalue weighted by atomic mass is 10.1. The smallest absolute Gasteiger partial charge is 0.174 e. The van der Waals surface area contributed by atoms with Crippen molar-refractivity contribution in [2.45, 2.75) is 13.5 Å². The predicted molar refractivity (Wildman–Crippen MR) is 127 cm³/mol. The standard InChI is InChI=1S/C26H18FN7/c1-16-9-19(4-7-29-16)25-20(12-28)10-17(13-33-25)14-34-26-24(27)21(5-8-31-26)22-11-18-3-2-6-30-23(18)15-32-22/h2-11,13,15H,14H2,1H3,(H,31,34). The quantitative estimate of drug-likeness (QED) is 0.401. The van der Waals surface area contributed by atoms with Crippen molar-refractivity contribution in [3.63, 3.8) is 0 Å². The van der Waals surface area contributed by atoms with Crippen molar-refractivity contribution in [1.29, 1.82) is 5.26 Å². The van der Waals surface area contributed by atoms with Crippen LogP contribution in [0.2, 0.25) is 0 Å². The molecule has 0 aliphatic rings. The Morgan fingerprint density at radius 3 is 2.68 bits per heavy atom. The Morgan fingerprint density at radius 1 is 0.941 bits per heavy atom. The molecule has 5 aromatic heterocycles. The molecule has 0 radical (unpaired) electrons. The summed E-state index contributed by atoms with van der Waals surface area (Å²) < 4.78 is 15.3. The lowest BCUT2D eigenvalue weighted by Gasteiger charge is -2.11. The van der Waals surface area contributed by atoms with Crippen LogP contribution < -0.4 is 5.32 Å². The van der Waals surface area contributed by atoms with Gasteiger partial charge in [0.1, 0.15) is 6.07 Å². The molecule has 1 N–H and O–H groups in total. The Kier molecular flexibility index (Phi) is 5.58. The normalized spacial score (nSPS) is 10.7. The molecule has 0 atom stereocenters. The first-order valence-corrected chi connectivity index (χ1v) is 10.5. The maximum absolute atomic E-state index is 15.3. The van der Waals surface area contributed by atoms with Crippen molar-refractivity contribution in [2.75, 3.05) is 5.32 Å². The summed E-state index contributed by atoms with van der Waals surface area (Å²) >= 11 is 0. The Balaban J connectivity index is 1.40. The second-order valence-electron chi connectivity index (χ2n) is 7.68. The number of fused-ring (bicyclic) bond motifs is 1. The summed E-state index contributed by atoms with van der Waals surface area (Å²) in [7, 11) is 0. The van der Waals surface area contributed by atoms with Crippen molar-refractivity contribution in [1.82, 2.24) is 24.9 Å². The number of pyridine rings is 5. The third-order valence-corrected chi connectivity index (χ3v) is 5.35. The van der Waals surface area contributed by atoms with Crippen LogP contribution in [-0.4, -0.2) is 24.9 Å². The molecule has 0 saturated heterocycles. The average Bonchev–Trinajstić information content (AvgIpc) is 2.87. The van der Waals surface area contributed by atoms with Crippen LogP contribution in [0.15, 0.2) is 73.4 Å². The molecule has 8 heteroatoms. The molecule has 0 aromatic carbocycles. The van der Waals surface area contributed by atoms with Gasteiger partial charge in [0, 0.05) is 53.5 Å².